The van der Waals surface area contributed by atoms with E-state index in [2.05, 4.69) is 21.2 Å². The number of nitrogens with one attached hydrogen (secondary N) is 1. The molecule has 1 N–H and O–H groups in total. The molecule has 0 radical (unpaired) electrons. The predicted molar refractivity (Wildman–Crippen MR) is 142 cm³/mol. The van der Waals surface area contributed by atoms with Gasteiger partial charge < -0.3 is 19.7 Å². The Morgan fingerprint density at radius 1 is 1.11 bits per heavy atom. The topological polar surface area (TPSA) is 67.9 Å². The van der Waals surface area contributed by atoms with E-state index in [1.165, 1.54) is 18.9 Å². The number of aryl methyl sites for hydroxylation is 1. The van der Waals surface area contributed by atoms with Crippen molar-refractivity contribution in [1.82, 2.24) is 10.2 Å². The third-order valence-corrected chi connectivity index (χ3v) is 8.54. The van der Waals surface area contributed by atoms with Crippen LogP contribution in [0.3, 0.4) is 0 Å². The summed E-state index contributed by atoms with van der Waals surface area (Å²) in [6, 6.07) is 10.4. The predicted octanol–water partition coefficient (Wildman–Crippen LogP) is 5.52. The molecule has 0 aromatic heterocycles. The number of halogens is 2. The summed E-state index contributed by atoms with van der Waals surface area (Å²) < 4.78 is 26.1. The average Bonchev–Trinajstić information content (AvgIpc) is 3.71. The highest BCUT2D eigenvalue weighted by Gasteiger charge is 2.46. The first-order chi connectivity index (χ1) is 17.8. The van der Waals surface area contributed by atoms with Crippen LogP contribution >= 0.6 is 15.9 Å². The lowest BCUT2D eigenvalue weighted by molar-refractivity contribution is -0.123. The van der Waals surface area contributed by atoms with Crippen LogP contribution in [0, 0.1) is 17.2 Å². The molecule has 1 aliphatic heterocycles. The van der Waals surface area contributed by atoms with Crippen LogP contribution in [0.4, 0.5) is 4.39 Å². The molecule has 3 aliphatic rings. The maximum atomic E-state index is 13.9. The largest absolute Gasteiger partial charge is 0.493 e. The summed E-state index contributed by atoms with van der Waals surface area (Å²) in [4.78, 5) is 27.6. The number of nitrogens with zero attached hydrogens (tertiary/aromatic N) is 1. The number of methoxy groups -OCH3 is 1. The second-order valence-electron chi connectivity index (χ2n) is 10.8. The van der Waals surface area contributed by atoms with Crippen LogP contribution in [-0.2, 0) is 11.2 Å². The number of hydrogen-bond acceptors (Lipinski definition) is 4. The summed E-state index contributed by atoms with van der Waals surface area (Å²) in [5.41, 5.74) is 1.37. The molecule has 2 aromatic rings. The van der Waals surface area contributed by atoms with Crippen molar-refractivity contribution >= 4 is 27.7 Å². The molecule has 0 unspecified atom stereocenters. The zero-order valence-electron chi connectivity index (χ0n) is 21.2. The summed E-state index contributed by atoms with van der Waals surface area (Å²) in [5.74, 6) is 1.61. The minimum Gasteiger partial charge on any atom is -0.493 e. The van der Waals surface area contributed by atoms with Crippen molar-refractivity contribution in [3.8, 4) is 11.5 Å². The van der Waals surface area contributed by atoms with Crippen LogP contribution < -0.4 is 14.8 Å². The fourth-order valence-electron chi connectivity index (χ4n) is 5.56. The Balaban J connectivity index is 1.07. The van der Waals surface area contributed by atoms with Crippen molar-refractivity contribution in [2.24, 2.45) is 11.3 Å². The molecule has 6 nitrogen and oxygen atoms in total. The van der Waals surface area contributed by atoms with Gasteiger partial charge in [-0.2, -0.15) is 0 Å². The van der Waals surface area contributed by atoms with Gasteiger partial charge in [0.1, 0.15) is 5.82 Å². The summed E-state index contributed by atoms with van der Waals surface area (Å²) in [6.45, 7) is 2.09. The van der Waals surface area contributed by atoms with Crippen molar-refractivity contribution in [1.29, 1.82) is 0 Å². The number of carbonyl (C=O) groups is 2. The highest BCUT2D eigenvalue weighted by Crippen LogP contribution is 2.49. The number of carbonyl (C=O) groups excluding carboxylic acids is 2. The number of amides is 2. The number of likely N-dealkylation sites (tertiary alicyclic amines) is 1. The van der Waals surface area contributed by atoms with Gasteiger partial charge in [0.05, 0.1) is 13.7 Å². The van der Waals surface area contributed by atoms with Crippen molar-refractivity contribution in [2.75, 3.05) is 26.8 Å². The molecule has 1 spiro atoms. The molecule has 3 fully saturated rings. The number of piperidine rings is 1. The Labute approximate surface area is 226 Å². The van der Waals surface area contributed by atoms with Gasteiger partial charge in [-0.25, -0.2) is 4.39 Å². The van der Waals surface area contributed by atoms with Crippen molar-refractivity contribution < 1.29 is 23.5 Å². The molecule has 2 aliphatic carbocycles. The van der Waals surface area contributed by atoms with Crippen LogP contribution in [0.1, 0.15) is 60.9 Å². The minimum atomic E-state index is -0.281. The average molecular weight is 574 g/mol. The molecular weight excluding hydrogens is 539 g/mol. The van der Waals surface area contributed by atoms with Crippen molar-refractivity contribution in [3.05, 3.63) is 57.8 Å². The van der Waals surface area contributed by atoms with E-state index in [-0.39, 0.29) is 35.5 Å². The van der Waals surface area contributed by atoms with E-state index in [4.69, 9.17) is 9.47 Å². The minimum absolute atomic E-state index is 0.0257. The number of benzene rings is 2. The van der Waals surface area contributed by atoms with Crippen LogP contribution in [0.2, 0.25) is 0 Å². The SMILES string of the molecule is COc1ccc(C(=O)N2CCC3(CC2)CC(NC(=O)CCc2cc(Br)ccc2F)C3)cc1OCC1CC1. The smallest absolute Gasteiger partial charge is 0.253 e. The lowest BCUT2D eigenvalue weighted by atomic mass is 9.60. The number of hydrogen-bond donors (Lipinski definition) is 1. The molecule has 0 bridgehead atoms. The second-order valence-corrected chi connectivity index (χ2v) is 11.7. The molecule has 0 atom stereocenters. The fourth-order valence-corrected chi connectivity index (χ4v) is 5.97. The van der Waals surface area contributed by atoms with Crippen LogP contribution in [0.5, 0.6) is 11.5 Å². The first-order valence-corrected chi connectivity index (χ1v) is 14.0. The second kappa shape index (κ2) is 11.0. The Hall–Kier alpha value is -2.61. The van der Waals surface area contributed by atoms with Gasteiger partial charge in [-0.15, -0.1) is 0 Å². The highest BCUT2D eigenvalue weighted by molar-refractivity contribution is 9.10. The van der Waals surface area contributed by atoms with Gasteiger partial charge in [0, 0.05) is 35.6 Å². The third kappa shape index (κ3) is 6.28. The standard InChI is InChI=1S/C29H34BrFN2O4/c1-36-25-8-4-21(15-26(25)37-18-19-2-3-19)28(35)33-12-10-29(11-13-33)16-23(17-29)32-27(34)9-5-20-14-22(30)6-7-24(20)31/h4,6-8,14-15,19,23H,2-3,5,9-13,16-18H2,1H3,(H,32,34). The molecule has 198 valence electrons. The zero-order chi connectivity index (χ0) is 26.0. The first kappa shape index (κ1) is 26.0. The third-order valence-electron chi connectivity index (χ3n) is 8.05. The van der Waals surface area contributed by atoms with Gasteiger partial charge in [-0.1, -0.05) is 15.9 Å². The molecule has 8 heteroatoms. The van der Waals surface area contributed by atoms with Gasteiger partial charge in [0.15, 0.2) is 11.5 Å². The van der Waals surface area contributed by atoms with Gasteiger partial charge in [0.2, 0.25) is 5.91 Å². The molecule has 37 heavy (non-hydrogen) atoms. The van der Waals surface area contributed by atoms with Crippen molar-refractivity contribution in [2.45, 2.75) is 57.4 Å². The monoisotopic (exact) mass is 572 g/mol. The quantitative estimate of drug-likeness (QED) is 0.429. The van der Waals surface area contributed by atoms with Crippen LogP contribution in [-0.4, -0.2) is 49.6 Å². The Morgan fingerprint density at radius 3 is 2.57 bits per heavy atom. The van der Waals surface area contributed by atoms with E-state index in [0.29, 0.717) is 54.7 Å². The maximum Gasteiger partial charge on any atom is 0.253 e. The van der Waals surface area contributed by atoms with E-state index in [0.717, 1.165) is 30.2 Å². The van der Waals surface area contributed by atoms with E-state index in [1.807, 2.05) is 23.1 Å². The van der Waals surface area contributed by atoms with E-state index in [9.17, 15) is 14.0 Å². The van der Waals surface area contributed by atoms with E-state index < -0.39 is 0 Å². The van der Waals surface area contributed by atoms with Gasteiger partial charge in [-0.05, 0) is 98.2 Å². The highest BCUT2D eigenvalue weighted by atomic mass is 79.9. The molecule has 5 rings (SSSR count). The molecule has 1 heterocycles. The van der Waals surface area contributed by atoms with Gasteiger partial charge in [-0.3, -0.25) is 9.59 Å². The van der Waals surface area contributed by atoms with Crippen LogP contribution in [0.15, 0.2) is 40.9 Å². The Bertz CT molecular complexity index is 1150. The Kier molecular flexibility index (Phi) is 7.75. The normalized spacial score (nSPS) is 18.8. The molecule has 2 aromatic carbocycles. The molecular formula is C29H34BrFN2O4. The molecule has 1 saturated heterocycles. The van der Waals surface area contributed by atoms with Gasteiger partial charge >= 0.3 is 0 Å². The van der Waals surface area contributed by atoms with Crippen LogP contribution in [0.25, 0.3) is 0 Å². The Morgan fingerprint density at radius 2 is 1.86 bits per heavy atom. The zero-order valence-corrected chi connectivity index (χ0v) is 22.8. The first-order valence-electron chi connectivity index (χ1n) is 13.2. The molecule has 2 amide bonds. The lowest BCUT2D eigenvalue weighted by Crippen LogP contribution is -2.55. The van der Waals surface area contributed by atoms with E-state index in [1.54, 1.807) is 19.2 Å². The summed E-state index contributed by atoms with van der Waals surface area (Å²) in [5, 5.41) is 3.11. The van der Waals surface area contributed by atoms with Crippen molar-refractivity contribution in [3.63, 3.8) is 0 Å². The summed E-state index contributed by atoms with van der Waals surface area (Å²) >= 11 is 3.35. The summed E-state index contributed by atoms with van der Waals surface area (Å²) in [7, 11) is 1.61. The molecule has 2 saturated carbocycles. The fraction of sp³-hybridized carbons (Fsp3) is 0.517. The number of ether oxygens (including phenoxy) is 2. The van der Waals surface area contributed by atoms with Gasteiger partial charge in [0.25, 0.3) is 5.91 Å². The van der Waals surface area contributed by atoms with E-state index >= 15 is 0 Å². The maximum absolute atomic E-state index is 13.9. The lowest BCUT2D eigenvalue weighted by Gasteiger charge is -2.52. The number of rotatable bonds is 9. The summed E-state index contributed by atoms with van der Waals surface area (Å²) in [6.07, 6.45) is 6.81.